The van der Waals surface area contributed by atoms with E-state index < -0.39 is 5.97 Å². The molecule has 28 heavy (non-hydrogen) atoms. The van der Waals surface area contributed by atoms with Crippen LogP contribution >= 0.6 is 11.6 Å². The van der Waals surface area contributed by atoms with E-state index in [4.69, 9.17) is 22.1 Å². The van der Waals surface area contributed by atoms with Gasteiger partial charge in [-0.05, 0) is 38.1 Å². The molecule has 0 unspecified atom stereocenters. The van der Waals surface area contributed by atoms with Gasteiger partial charge in [0.15, 0.2) is 0 Å². The van der Waals surface area contributed by atoms with E-state index >= 15 is 0 Å². The van der Waals surface area contributed by atoms with E-state index in [0.29, 0.717) is 22.0 Å². The first kappa shape index (κ1) is 19.8. The number of nitrogens with two attached hydrogens (primary N) is 1. The molecule has 0 aliphatic rings. The standard InChI is InChI=1S/C21H20ClN3O3/c1-3-28-21(27)18-17(12-23)25(16-10-8-15(22)9-11-16)24-19(18)20(26)14-6-4-13(2)5-7-14/h4-11H,3,12,23H2,1-2H3. The van der Waals surface area contributed by atoms with Crippen molar-refractivity contribution in [2.24, 2.45) is 5.73 Å². The molecule has 0 bridgehead atoms. The molecule has 0 aliphatic heterocycles. The first-order valence-corrected chi connectivity index (χ1v) is 9.20. The largest absolute Gasteiger partial charge is 0.462 e. The molecule has 1 aromatic heterocycles. The minimum Gasteiger partial charge on any atom is -0.462 e. The minimum absolute atomic E-state index is 0.00491. The second-order valence-electron chi connectivity index (χ2n) is 6.18. The van der Waals surface area contributed by atoms with Crippen LogP contribution in [0.4, 0.5) is 0 Å². The average molecular weight is 398 g/mol. The predicted octanol–water partition coefficient (Wildman–Crippen LogP) is 3.70. The normalized spacial score (nSPS) is 10.7. The number of carbonyl (C=O) groups is 2. The molecule has 6 nitrogen and oxygen atoms in total. The van der Waals surface area contributed by atoms with Gasteiger partial charge in [-0.1, -0.05) is 41.4 Å². The number of carbonyl (C=O) groups excluding carboxylic acids is 2. The van der Waals surface area contributed by atoms with Crippen LogP contribution in [0.3, 0.4) is 0 Å². The number of halogens is 1. The van der Waals surface area contributed by atoms with E-state index in [1.165, 1.54) is 4.68 Å². The lowest BCUT2D eigenvalue weighted by Gasteiger charge is -2.07. The van der Waals surface area contributed by atoms with E-state index in [-0.39, 0.29) is 30.2 Å². The lowest BCUT2D eigenvalue weighted by atomic mass is 10.0. The summed E-state index contributed by atoms with van der Waals surface area (Å²) in [5.74, 6) is -0.996. The summed E-state index contributed by atoms with van der Waals surface area (Å²) >= 11 is 5.96. The van der Waals surface area contributed by atoms with Crippen molar-refractivity contribution in [3.8, 4) is 5.69 Å². The third kappa shape index (κ3) is 3.83. The van der Waals surface area contributed by atoms with Crippen LogP contribution in [0.2, 0.25) is 5.02 Å². The van der Waals surface area contributed by atoms with Gasteiger partial charge in [-0.15, -0.1) is 0 Å². The number of aryl methyl sites for hydroxylation is 1. The quantitative estimate of drug-likeness (QED) is 0.506. The molecule has 0 saturated carbocycles. The van der Waals surface area contributed by atoms with E-state index in [1.54, 1.807) is 43.3 Å². The van der Waals surface area contributed by atoms with Crippen molar-refractivity contribution in [3.05, 3.63) is 81.6 Å². The number of esters is 1. The Morgan fingerprint density at radius 3 is 2.32 bits per heavy atom. The van der Waals surface area contributed by atoms with Gasteiger partial charge >= 0.3 is 5.97 Å². The van der Waals surface area contributed by atoms with Gasteiger partial charge in [-0.2, -0.15) is 5.10 Å². The monoisotopic (exact) mass is 397 g/mol. The van der Waals surface area contributed by atoms with Gasteiger partial charge < -0.3 is 10.5 Å². The third-order valence-corrected chi connectivity index (χ3v) is 4.51. The zero-order valence-electron chi connectivity index (χ0n) is 15.6. The minimum atomic E-state index is -0.626. The smallest absolute Gasteiger partial charge is 0.342 e. The van der Waals surface area contributed by atoms with Crippen LogP contribution in [-0.4, -0.2) is 28.1 Å². The van der Waals surface area contributed by atoms with Crippen LogP contribution in [-0.2, 0) is 11.3 Å². The van der Waals surface area contributed by atoms with Crippen LogP contribution in [0.1, 0.15) is 44.6 Å². The van der Waals surface area contributed by atoms with E-state index in [9.17, 15) is 9.59 Å². The number of hydrogen-bond acceptors (Lipinski definition) is 5. The summed E-state index contributed by atoms with van der Waals surface area (Å²) in [7, 11) is 0. The second-order valence-corrected chi connectivity index (χ2v) is 6.61. The van der Waals surface area contributed by atoms with Crippen LogP contribution in [0, 0.1) is 6.92 Å². The Hall–Kier alpha value is -2.96. The maximum atomic E-state index is 13.1. The fraction of sp³-hybridized carbons (Fsp3) is 0.190. The van der Waals surface area contributed by atoms with Gasteiger partial charge in [-0.3, -0.25) is 4.79 Å². The average Bonchev–Trinajstić information content (AvgIpc) is 3.08. The second kappa shape index (κ2) is 8.37. The van der Waals surface area contributed by atoms with Crippen LogP contribution in [0.5, 0.6) is 0 Å². The Balaban J connectivity index is 2.19. The van der Waals surface area contributed by atoms with Crippen LogP contribution in [0.25, 0.3) is 5.69 Å². The molecule has 0 atom stereocenters. The van der Waals surface area contributed by atoms with Gasteiger partial charge in [-0.25, -0.2) is 9.48 Å². The Labute approximate surface area is 167 Å². The van der Waals surface area contributed by atoms with E-state index in [0.717, 1.165) is 5.56 Å². The van der Waals surface area contributed by atoms with E-state index in [2.05, 4.69) is 5.10 Å². The summed E-state index contributed by atoms with van der Waals surface area (Å²) in [6.45, 7) is 3.81. The SMILES string of the molecule is CCOC(=O)c1c(C(=O)c2ccc(C)cc2)nn(-c2ccc(Cl)cc2)c1CN. The number of ketones is 1. The number of rotatable bonds is 6. The number of hydrogen-bond donors (Lipinski definition) is 1. The molecule has 144 valence electrons. The third-order valence-electron chi connectivity index (χ3n) is 4.25. The van der Waals surface area contributed by atoms with Crippen molar-refractivity contribution >= 4 is 23.4 Å². The molecule has 0 amide bonds. The first-order valence-electron chi connectivity index (χ1n) is 8.82. The molecule has 3 aromatic rings. The number of benzene rings is 2. The lowest BCUT2D eigenvalue weighted by Crippen LogP contribution is -2.15. The van der Waals surface area contributed by atoms with Crippen molar-refractivity contribution in [1.82, 2.24) is 9.78 Å². The lowest BCUT2D eigenvalue weighted by molar-refractivity contribution is 0.0522. The highest BCUT2D eigenvalue weighted by Gasteiger charge is 2.29. The highest BCUT2D eigenvalue weighted by Crippen LogP contribution is 2.23. The van der Waals surface area contributed by atoms with Crippen molar-refractivity contribution < 1.29 is 14.3 Å². The van der Waals surface area contributed by atoms with Crippen LogP contribution in [0.15, 0.2) is 48.5 Å². The molecule has 0 radical (unpaired) electrons. The summed E-state index contributed by atoms with van der Waals surface area (Å²) in [5, 5.41) is 4.99. The van der Waals surface area contributed by atoms with Crippen molar-refractivity contribution in [2.45, 2.75) is 20.4 Å². The Kier molecular flexibility index (Phi) is 5.92. The fourth-order valence-electron chi connectivity index (χ4n) is 2.86. The molecule has 0 aliphatic carbocycles. The zero-order valence-corrected chi connectivity index (χ0v) is 16.4. The number of aromatic nitrogens is 2. The summed E-state index contributed by atoms with van der Waals surface area (Å²) in [6, 6.07) is 13.9. The highest BCUT2D eigenvalue weighted by atomic mass is 35.5. The van der Waals surface area contributed by atoms with Gasteiger partial charge in [0.25, 0.3) is 0 Å². The topological polar surface area (TPSA) is 87.2 Å². The highest BCUT2D eigenvalue weighted by molar-refractivity contribution is 6.30. The van der Waals surface area contributed by atoms with Crippen molar-refractivity contribution in [1.29, 1.82) is 0 Å². The molecule has 0 saturated heterocycles. The van der Waals surface area contributed by atoms with Gasteiger partial charge in [0.05, 0.1) is 18.0 Å². The van der Waals surface area contributed by atoms with Crippen molar-refractivity contribution in [2.75, 3.05) is 6.61 Å². The van der Waals surface area contributed by atoms with E-state index in [1.807, 2.05) is 19.1 Å². The van der Waals surface area contributed by atoms with Crippen LogP contribution < -0.4 is 5.73 Å². The molecule has 2 N–H and O–H groups in total. The predicted molar refractivity (Wildman–Crippen MR) is 107 cm³/mol. The summed E-state index contributed by atoms with van der Waals surface area (Å²) in [4.78, 5) is 25.7. The van der Waals surface area contributed by atoms with Gasteiger partial charge in [0, 0.05) is 17.1 Å². The Morgan fingerprint density at radius 1 is 1.11 bits per heavy atom. The summed E-state index contributed by atoms with van der Waals surface area (Å²) < 4.78 is 6.65. The molecule has 7 heteroatoms. The fourth-order valence-corrected chi connectivity index (χ4v) is 2.98. The molecule has 1 heterocycles. The maximum absolute atomic E-state index is 13.1. The molecular weight excluding hydrogens is 378 g/mol. The van der Waals surface area contributed by atoms with Gasteiger partial charge in [0.1, 0.15) is 11.3 Å². The summed E-state index contributed by atoms with van der Waals surface area (Å²) in [6.07, 6.45) is 0. The number of nitrogens with zero attached hydrogens (tertiary/aromatic N) is 2. The maximum Gasteiger partial charge on any atom is 0.342 e. The Bertz CT molecular complexity index is 1010. The number of ether oxygens (including phenoxy) is 1. The Morgan fingerprint density at radius 2 is 1.75 bits per heavy atom. The molecule has 2 aromatic carbocycles. The molecular formula is C21H20ClN3O3. The molecule has 0 spiro atoms. The van der Waals surface area contributed by atoms with Gasteiger partial charge in [0.2, 0.25) is 5.78 Å². The summed E-state index contributed by atoms with van der Waals surface area (Å²) in [5.41, 5.74) is 8.51. The molecule has 3 rings (SSSR count). The zero-order chi connectivity index (χ0) is 20.3. The van der Waals surface area contributed by atoms with Crippen molar-refractivity contribution in [3.63, 3.8) is 0 Å². The first-order chi connectivity index (χ1) is 13.5. The molecule has 0 fully saturated rings.